The van der Waals surface area contributed by atoms with E-state index in [0.717, 1.165) is 40.4 Å². The minimum atomic E-state index is 0.306. The third-order valence-corrected chi connectivity index (χ3v) is 4.06. The molecule has 2 nitrogen and oxygen atoms in total. The highest BCUT2D eigenvalue weighted by molar-refractivity contribution is 6.07. The molecule has 21 heavy (non-hydrogen) atoms. The summed E-state index contributed by atoms with van der Waals surface area (Å²) < 4.78 is 0. The summed E-state index contributed by atoms with van der Waals surface area (Å²) in [5.74, 6) is 0.306. The molecule has 0 bridgehead atoms. The highest BCUT2D eigenvalue weighted by Crippen LogP contribution is 2.42. The Bertz CT molecular complexity index is 850. The molecule has 1 aliphatic heterocycles. The molecule has 0 saturated carbocycles. The molecule has 4 rings (SSSR count). The number of aromatic hydroxyl groups is 1. The van der Waals surface area contributed by atoms with Crippen LogP contribution < -0.4 is 0 Å². The molecule has 102 valence electrons. The Morgan fingerprint density at radius 2 is 1.76 bits per heavy atom. The summed E-state index contributed by atoms with van der Waals surface area (Å²) in [6, 6.07) is 18.3. The molecule has 0 aliphatic carbocycles. The Balaban J connectivity index is 2.08. The molecule has 0 unspecified atom stereocenters. The van der Waals surface area contributed by atoms with Gasteiger partial charge in [-0.2, -0.15) is 0 Å². The van der Waals surface area contributed by atoms with Crippen LogP contribution in [0.2, 0.25) is 0 Å². The summed E-state index contributed by atoms with van der Waals surface area (Å²) in [7, 11) is 0. The van der Waals surface area contributed by atoms with Gasteiger partial charge in [-0.15, -0.1) is 0 Å². The molecule has 1 N–H and O–H groups in total. The number of benzene rings is 3. The normalized spacial score (nSPS) is 13.3. The minimum absolute atomic E-state index is 0.306. The topological polar surface area (TPSA) is 32.6 Å². The van der Waals surface area contributed by atoms with Gasteiger partial charge in [0, 0.05) is 6.21 Å². The van der Waals surface area contributed by atoms with Crippen molar-refractivity contribution in [3.05, 3.63) is 60.2 Å². The molecule has 1 aliphatic rings. The van der Waals surface area contributed by atoms with Gasteiger partial charge < -0.3 is 5.11 Å². The largest absolute Gasteiger partial charge is 0.507 e. The van der Waals surface area contributed by atoms with Crippen LogP contribution in [0.4, 0.5) is 5.69 Å². The second kappa shape index (κ2) is 4.74. The average Bonchev–Trinajstić information content (AvgIpc) is 2.55. The van der Waals surface area contributed by atoms with Gasteiger partial charge in [-0.05, 0) is 41.0 Å². The molecular formula is C19H15NO. The summed E-state index contributed by atoms with van der Waals surface area (Å²) in [5.41, 5.74) is 4.42. The maximum absolute atomic E-state index is 10.3. The van der Waals surface area contributed by atoms with Crippen LogP contribution in [0.3, 0.4) is 0 Å². The van der Waals surface area contributed by atoms with Crippen molar-refractivity contribution in [2.75, 3.05) is 0 Å². The van der Waals surface area contributed by atoms with Gasteiger partial charge in [0.1, 0.15) is 5.75 Å². The minimum Gasteiger partial charge on any atom is -0.507 e. The summed E-state index contributed by atoms with van der Waals surface area (Å²) in [6.45, 7) is 0. The summed E-state index contributed by atoms with van der Waals surface area (Å²) in [4.78, 5) is 4.53. The number of fused-ring (bicyclic) bond motifs is 3. The second-order valence-corrected chi connectivity index (χ2v) is 5.34. The second-order valence-electron chi connectivity index (χ2n) is 5.34. The first-order valence-electron chi connectivity index (χ1n) is 7.20. The van der Waals surface area contributed by atoms with Gasteiger partial charge in [0.25, 0.3) is 0 Å². The van der Waals surface area contributed by atoms with E-state index < -0.39 is 0 Å². The Morgan fingerprint density at radius 3 is 2.62 bits per heavy atom. The number of phenols is 1. The molecule has 3 aromatic carbocycles. The van der Waals surface area contributed by atoms with Crippen LogP contribution in [-0.4, -0.2) is 11.3 Å². The number of rotatable bonds is 1. The number of aryl methyl sites for hydroxylation is 1. The molecule has 1 heterocycles. The lowest BCUT2D eigenvalue weighted by Crippen LogP contribution is -1.95. The van der Waals surface area contributed by atoms with Gasteiger partial charge >= 0.3 is 0 Å². The smallest absolute Gasteiger partial charge is 0.125 e. The molecule has 0 aromatic heterocycles. The summed E-state index contributed by atoms with van der Waals surface area (Å²) >= 11 is 0. The van der Waals surface area contributed by atoms with Crippen molar-refractivity contribution in [3.8, 4) is 16.9 Å². The fraction of sp³-hybridized carbons (Fsp3) is 0.105. The highest BCUT2D eigenvalue weighted by Gasteiger charge is 2.15. The van der Waals surface area contributed by atoms with Gasteiger partial charge in [-0.3, -0.25) is 4.99 Å². The van der Waals surface area contributed by atoms with Crippen LogP contribution in [-0.2, 0) is 6.42 Å². The van der Waals surface area contributed by atoms with Crippen molar-refractivity contribution in [1.29, 1.82) is 0 Å². The van der Waals surface area contributed by atoms with E-state index in [4.69, 9.17) is 0 Å². The van der Waals surface area contributed by atoms with E-state index in [1.807, 2.05) is 30.5 Å². The van der Waals surface area contributed by atoms with Crippen molar-refractivity contribution in [3.63, 3.8) is 0 Å². The highest BCUT2D eigenvalue weighted by atomic mass is 16.3. The molecular weight excluding hydrogens is 258 g/mol. The SMILES string of the molecule is Oc1ccc(-c2ccccc2)c2ccc3c(c12)N=CCC3. The molecule has 3 aromatic rings. The van der Waals surface area contributed by atoms with Gasteiger partial charge in [-0.1, -0.05) is 48.5 Å². The summed E-state index contributed by atoms with van der Waals surface area (Å²) in [6.07, 6.45) is 3.90. The predicted molar refractivity (Wildman–Crippen MR) is 87.5 cm³/mol. The first-order chi connectivity index (χ1) is 10.3. The van der Waals surface area contributed by atoms with Crippen molar-refractivity contribution in [1.82, 2.24) is 0 Å². The van der Waals surface area contributed by atoms with E-state index in [1.165, 1.54) is 5.56 Å². The van der Waals surface area contributed by atoms with Crippen LogP contribution in [0.25, 0.3) is 21.9 Å². The Kier molecular flexibility index (Phi) is 2.74. The zero-order valence-electron chi connectivity index (χ0n) is 11.6. The standard InChI is InChI=1S/C19H15NO/c21-17-11-10-15(13-5-2-1-3-6-13)16-9-8-14-7-4-12-20-19(14)18(16)17/h1-3,5-6,8-12,21H,4,7H2. The van der Waals surface area contributed by atoms with E-state index in [1.54, 1.807) is 6.07 Å². The first kappa shape index (κ1) is 12.2. The lowest BCUT2D eigenvalue weighted by Gasteiger charge is -2.15. The van der Waals surface area contributed by atoms with E-state index in [0.29, 0.717) is 5.75 Å². The zero-order chi connectivity index (χ0) is 14.2. The van der Waals surface area contributed by atoms with Gasteiger partial charge in [0.05, 0.1) is 11.1 Å². The summed E-state index contributed by atoms with van der Waals surface area (Å²) in [5, 5.41) is 12.2. The van der Waals surface area contributed by atoms with Gasteiger partial charge in [0.15, 0.2) is 0 Å². The van der Waals surface area contributed by atoms with Crippen molar-refractivity contribution >= 4 is 22.7 Å². The molecule has 0 fully saturated rings. The quantitative estimate of drug-likeness (QED) is 0.674. The molecule has 0 spiro atoms. The number of hydrogen-bond acceptors (Lipinski definition) is 2. The van der Waals surface area contributed by atoms with Gasteiger partial charge in [0.2, 0.25) is 0 Å². The third kappa shape index (κ3) is 1.91. The fourth-order valence-corrected chi connectivity index (χ4v) is 3.05. The van der Waals surface area contributed by atoms with Gasteiger partial charge in [-0.25, -0.2) is 0 Å². The van der Waals surface area contributed by atoms with Crippen LogP contribution in [0.1, 0.15) is 12.0 Å². The first-order valence-corrected chi connectivity index (χ1v) is 7.20. The molecule has 0 saturated heterocycles. The predicted octanol–water partition coefficient (Wildman–Crippen LogP) is 4.86. The van der Waals surface area contributed by atoms with Crippen molar-refractivity contribution < 1.29 is 5.11 Å². The zero-order valence-corrected chi connectivity index (χ0v) is 11.6. The lowest BCUT2D eigenvalue weighted by molar-refractivity contribution is 0.482. The molecule has 0 atom stereocenters. The van der Waals surface area contributed by atoms with E-state index in [2.05, 4.69) is 29.3 Å². The van der Waals surface area contributed by atoms with Crippen LogP contribution in [0, 0.1) is 0 Å². The van der Waals surface area contributed by atoms with E-state index in [9.17, 15) is 5.11 Å². The Labute approximate surface area is 123 Å². The average molecular weight is 273 g/mol. The Morgan fingerprint density at radius 1 is 0.905 bits per heavy atom. The number of nitrogens with zero attached hydrogens (tertiary/aromatic N) is 1. The van der Waals surface area contributed by atoms with Crippen molar-refractivity contribution in [2.24, 2.45) is 4.99 Å². The molecule has 0 amide bonds. The van der Waals surface area contributed by atoms with E-state index >= 15 is 0 Å². The van der Waals surface area contributed by atoms with Crippen LogP contribution in [0.5, 0.6) is 5.75 Å². The number of hydrogen-bond donors (Lipinski definition) is 1. The van der Waals surface area contributed by atoms with Crippen molar-refractivity contribution in [2.45, 2.75) is 12.8 Å². The van der Waals surface area contributed by atoms with E-state index in [-0.39, 0.29) is 0 Å². The number of aliphatic imine (C=N–C) groups is 1. The lowest BCUT2D eigenvalue weighted by atomic mass is 9.93. The Hall–Kier alpha value is -2.61. The maximum Gasteiger partial charge on any atom is 0.125 e. The monoisotopic (exact) mass is 273 g/mol. The van der Waals surface area contributed by atoms with Crippen LogP contribution >= 0.6 is 0 Å². The third-order valence-electron chi connectivity index (χ3n) is 4.06. The van der Waals surface area contributed by atoms with Crippen LogP contribution in [0.15, 0.2) is 59.6 Å². The molecule has 0 radical (unpaired) electrons. The fourth-order valence-electron chi connectivity index (χ4n) is 3.05. The maximum atomic E-state index is 10.3. The molecule has 2 heteroatoms. The number of phenolic OH excluding ortho intramolecular Hbond substituents is 1.